The summed E-state index contributed by atoms with van der Waals surface area (Å²) in [6.45, 7) is 2.94. The molecule has 7 nitrogen and oxygen atoms in total. The zero-order valence-electron chi connectivity index (χ0n) is 19.7. The van der Waals surface area contributed by atoms with Crippen molar-refractivity contribution in [2.24, 2.45) is 0 Å². The first-order valence-corrected chi connectivity index (χ1v) is 12.5. The molecule has 0 bridgehead atoms. The van der Waals surface area contributed by atoms with Crippen LogP contribution in [0.25, 0.3) is 11.4 Å². The minimum absolute atomic E-state index is 0.136. The van der Waals surface area contributed by atoms with Crippen molar-refractivity contribution in [1.82, 2.24) is 20.1 Å². The Morgan fingerprint density at radius 1 is 1.03 bits per heavy atom. The van der Waals surface area contributed by atoms with E-state index < -0.39 is 5.25 Å². The van der Waals surface area contributed by atoms with E-state index in [4.69, 9.17) is 9.47 Å². The zero-order chi connectivity index (χ0) is 24.9. The SMILES string of the molecule is CC(Sc1nnc(-c2ccccc2F)n1CCc1ccccc1)C(=O)NCc1ccc2c(c1)OCO2. The molecule has 1 aliphatic heterocycles. The van der Waals surface area contributed by atoms with Crippen molar-refractivity contribution in [1.29, 1.82) is 0 Å². The highest BCUT2D eigenvalue weighted by atomic mass is 32.2. The number of benzene rings is 3. The van der Waals surface area contributed by atoms with E-state index in [9.17, 15) is 9.18 Å². The van der Waals surface area contributed by atoms with Gasteiger partial charge in [-0.25, -0.2) is 4.39 Å². The minimum Gasteiger partial charge on any atom is -0.454 e. The number of aryl methyl sites for hydroxylation is 1. The topological polar surface area (TPSA) is 78.3 Å². The molecular formula is C27H25FN4O3S. The fraction of sp³-hybridized carbons (Fsp3) is 0.222. The number of thioether (sulfide) groups is 1. The molecule has 184 valence electrons. The first-order chi connectivity index (χ1) is 17.6. The van der Waals surface area contributed by atoms with Crippen LogP contribution in [0.15, 0.2) is 78.0 Å². The summed E-state index contributed by atoms with van der Waals surface area (Å²) in [5.41, 5.74) is 2.44. The van der Waals surface area contributed by atoms with E-state index in [1.807, 2.05) is 60.0 Å². The van der Waals surface area contributed by atoms with Crippen LogP contribution in [0.5, 0.6) is 11.5 Å². The molecule has 0 fully saturated rings. The molecule has 0 aliphatic carbocycles. The monoisotopic (exact) mass is 504 g/mol. The number of ether oxygens (including phenoxy) is 2. The number of amides is 1. The predicted molar refractivity (Wildman–Crippen MR) is 135 cm³/mol. The van der Waals surface area contributed by atoms with Gasteiger partial charge in [0.2, 0.25) is 12.7 Å². The van der Waals surface area contributed by atoms with Crippen molar-refractivity contribution in [3.63, 3.8) is 0 Å². The van der Waals surface area contributed by atoms with Gasteiger partial charge in [0.25, 0.3) is 0 Å². The van der Waals surface area contributed by atoms with Gasteiger partial charge < -0.3 is 19.4 Å². The highest BCUT2D eigenvalue weighted by Gasteiger charge is 2.22. The second-order valence-corrected chi connectivity index (χ2v) is 9.65. The van der Waals surface area contributed by atoms with E-state index >= 15 is 0 Å². The molecule has 5 rings (SSSR count). The van der Waals surface area contributed by atoms with Crippen LogP contribution < -0.4 is 14.8 Å². The maximum atomic E-state index is 14.6. The number of carbonyl (C=O) groups is 1. The van der Waals surface area contributed by atoms with Crippen molar-refractivity contribution >= 4 is 17.7 Å². The molecule has 0 saturated carbocycles. The molecule has 9 heteroatoms. The Morgan fingerprint density at radius 3 is 2.64 bits per heavy atom. The maximum absolute atomic E-state index is 14.6. The van der Waals surface area contributed by atoms with Gasteiger partial charge in [0.15, 0.2) is 22.5 Å². The molecular weight excluding hydrogens is 479 g/mol. The highest BCUT2D eigenvalue weighted by Crippen LogP contribution is 2.33. The number of halogens is 1. The number of nitrogens with one attached hydrogen (secondary N) is 1. The second kappa shape index (κ2) is 10.8. The van der Waals surface area contributed by atoms with Crippen molar-refractivity contribution in [2.45, 2.75) is 36.8 Å². The number of hydrogen-bond donors (Lipinski definition) is 1. The summed E-state index contributed by atoms with van der Waals surface area (Å²) < 4.78 is 27.2. The van der Waals surface area contributed by atoms with Crippen LogP contribution in [0.2, 0.25) is 0 Å². The first kappa shape index (κ1) is 23.9. The lowest BCUT2D eigenvalue weighted by molar-refractivity contribution is -0.120. The Labute approximate surface area is 212 Å². The van der Waals surface area contributed by atoms with Gasteiger partial charge >= 0.3 is 0 Å². The molecule has 4 aromatic rings. The molecule has 0 spiro atoms. The van der Waals surface area contributed by atoms with E-state index in [2.05, 4.69) is 15.5 Å². The van der Waals surface area contributed by atoms with Crippen LogP contribution in [-0.2, 0) is 24.3 Å². The van der Waals surface area contributed by atoms with Gasteiger partial charge in [-0.1, -0.05) is 60.3 Å². The van der Waals surface area contributed by atoms with Gasteiger partial charge in [0.1, 0.15) is 5.82 Å². The number of rotatable bonds is 9. The lowest BCUT2D eigenvalue weighted by Crippen LogP contribution is -2.30. The fourth-order valence-corrected chi connectivity index (χ4v) is 4.80. The van der Waals surface area contributed by atoms with E-state index in [1.54, 1.807) is 18.2 Å². The third-order valence-electron chi connectivity index (χ3n) is 5.85. The van der Waals surface area contributed by atoms with Crippen molar-refractivity contribution < 1.29 is 18.7 Å². The third-order valence-corrected chi connectivity index (χ3v) is 6.93. The molecule has 0 radical (unpaired) electrons. The van der Waals surface area contributed by atoms with Gasteiger partial charge in [-0.05, 0) is 48.7 Å². The third kappa shape index (κ3) is 5.36. The normalized spacial score (nSPS) is 12.9. The quantitative estimate of drug-likeness (QED) is 0.328. The lowest BCUT2D eigenvalue weighted by atomic mass is 10.1. The summed E-state index contributed by atoms with van der Waals surface area (Å²) >= 11 is 1.30. The minimum atomic E-state index is -0.438. The summed E-state index contributed by atoms with van der Waals surface area (Å²) in [5.74, 6) is 1.32. The van der Waals surface area contributed by atoms with Crippen molar-refractivity contribution in [3.05, 3.63) is 89.7 Å². The maximum Gasteiger partial charge on any atom is 0.233 e. The average Bonchev–Trinajstić information content (AvgIpc) is 3.53. The molecule has 0 saturated heterocycles. The van der Waals surface area contributed by atoms with Gasteiger partial charge in [-0.3, -0.25) is 4.79 Å². The van der Waals surface area contributed by atoms with Gasteiger partial charge in [0, 0.05) is 13.1 Å². The summed E-state index contributed by atoms with van der Waals surface area (Å²) in [6.07, 6.45) is 0.721. The standard InChI is InChI=1S/C27H25FN4O3S/c1-18(26(33)29-16-20-11-12-23-24(15-20)35-17-34-23)36-27-31-30-25(21-9-5-6-10-22(21)28)32(27)14-13-19-7-3-2-4-8-19/h2-12,15,18H,13-14,16-17H2,1H3,(H,29,33). The lowest BCUT2D eigenvalue weighted by Gasteiger charge is -2.14. The largest absolute Gasteiger partial charge is 0.454 e. The average molecular weight is 505 g/mol. The number of nitrogens with zero attached hydrogens (tertiary/aromatic N) is 3. The molecule has 2 heterocycles. The molecule has 1 unspecified atom stereocenters. The van der Waals surface area contributed by atoms with Gasteiger partial charge in [0.05, 0.1) is 10.8 Å². The van der Waals surface area contributed by atoms with Crippen LogP contribution in [-0.4, -0.2) is 32.7 Å². The molecule has 1 atom stereocenters. The Kier molecular flexibility index (Phi) is 7.18. The van der Waals surface area contributed by atoms with Crippen LogP contribution in [0.3, 0.4) is 0 Å². The number of carbonyl (C=O) groups excluding carboxylic acids is 1. The van der Waals surface area contributed by atoms with Gasteiger partial charge in [-0.2, -0.15) is 0 Å². The Morgan fingerprint density at radius 2 is 1.81 bits per heavy atom. The molecule has 1 N–H and O–H groups in total. The fourth-order valence-electron chi connectivity index (χ4n) is 3.90. The zero-order valence-corrected chi connectivity index (χ0v) is 20.5. The Bertz CT molecular complexity index is 1360. The Hall–Kier alpha value is -3.85. The highest BCUT2D eigenvalue weighted by molar-refractivity contribution is 8.00. The second-order valence-electron chi connectivity index (χ2n) is 8.34. The van der Waals surface area contributed by atoms with E-state index in [-0.39, 0.29) is 18.5 Å². The summed E-state index contributed by atoms with van der Waals surface area (Å²) in [6, 6.07) is 22.1. The molecule has 1 amide bonds. The summed E-state index contributed by atoms with van der Waals surface area (Å²) in [5, 5.41) is 11.7. The molecule has 36 heavy (non-hydrogen) atoms. The van der Waals surface area contributed by atoms with E-state index in [1.165, 1.54) is 17.8 Å². The van der Waals surface area contributed by atoms with Gasteiger partial charge in [-0.15, -0.1) is 10.2 Å². The first-order valence-electron chi connectivity index (χ1n) is 11.6. The Balaban J connectivity index is 1.30. The van der Waals surface area contributed by atoms with Crippen LogP contribution in [0.1, 0.15) is 18.1 Å². The number of aromatic nitrogens is 3. The smallest absolute Gasteiger partial charge is 0.233 e. The molecule has 3 aromatic carbocycles. The molecule has 1 aromatic heterocycles. The van der Waals surface area contributed by atoms with E-state index in [0.29, 0.717) is 41.1 Å². The predicted octanol–water partition coefficient (Wildman–Crippen LogP) is 4.85. The van der Waals surface area contributed by atoms with Crippen LogP contribution >= 0.6 is 11.8 Å². The van der Waals surface area contributed by atoms with Crippen LogP contribution in [0, 0.1) is 5.82 Å². The van der Waals surface area contributed by atoms with Crippen molar-refractivity contribution in [2.75, 3.05) is 6.79 Å². The number of hydrogen-bond acceptors (Lipinski definition) is 6. The summed E-state index contributed by atoms with van der Waals surface area (Å²) in [7, 11) is 0. The van der Waals surface area contributed by atoms with E-state index in [0.717, 1.165) is 17.5 Å². The van der Waals surface area contributed by atoms with Crippen LogP contribution in [0.4, 0.5) is 4.39 Å². The summed E-state index contributed by atoms with van der Waals surface area (Å²) in [4.78, 5) is 12.9. The molecule has 1 aliphatic rings. The van der Waals surface area contributed by atoms with Crippen molar-refractivity contribution in [3.8, 4) is 22.9 Å². The number of fused-ring (bicyclic) bond motifs is 1.